The Morgan fingerprint density at radius 1 is 1.13 bits per heavy atom. The molecule has 1 aromatic heterocycles. The fraction of sp³-hybridized carbons (Fsp3) is 0.158. The lowest BCUT2D eigenvalue weighted by Gasteiger charge is -2.39. The van der Waals surface area contributed by atoms with Gasteiger partial charge in [-0.2, -0.15) is 0 Å². The number of halogens is 4. The van der Waals surface area contributed by atoms with Gasteiger partial charge in [0.1, 0.15) is 23.0 Å². The van der Waals surface area contributed by atoms with Crippen LogP contribution in [0.15, 0.2) is 33.7 Å². The first-order valence-electron chi connectivity index (χ1n) is 8.66. The third-order valence-electron chi connectivity index (χ3n) is 4.94. The van der Waals surface area contributed by atoms with Gasteiger partial charge in [0, 0.05) is 31.4 Å². The van der Waals surface area contributed by atoms with Gasteiger partial charge in [-0.3, -0.25) is 4.79 Å². The van der Waals surface area contributed by atoms with Crippen molar-refractivity contribution in [3.8, 4) is 5.69 Å². The SMILES string of the molecule is Nc1cc(-n2cc(C(=O)O)c(=O)c3cc(F)c(N4CC(N)C4)c(Br)c32)c(F)cc1F. The van der Waals surface area contributed by atoms with Crippen LogP contribution >= 0.6 is 15.9 Å². The summed E-state index contributed by atoms with van der Waals surface area (Å²) >= 11 is 3.27. The van der Waals surface area contributed by atoms with Crippen molar-refractivity contribution >= 4 is 44.2 Å². The number of carbonyl (C=O) groups is 1. The van der Waals surface area contributed by atoms with E-state index in [0.29, 0.717) is 19.2 Å². The summed E-state index contributed by atoms with van der Waals surface area (Å²) < 4.78 is 44.3. The van der Waals surface area contributed by atoms with Gasteiger partial charge >= 0.3 is 5.97 Å². The van der Waals surface area contributed by atoms with E-state index in [0.717, 1.165) is 22.9 Å². The number of rotatable bonds is 3. The first-order valence-corrected chi connectivity index (χ1v) is 9.45. The molecule has 1 aliphatic heterocycles. The standard InChI is InChI=1S/C19H14BrF3N4O3/c20-15-16-8(1-12(23)17(15)26-4-7(24)5-26)18(28)9(19(29)30)6-27(16)14-3-13(25)10(21)2-11(14)22/h1-3,6-7H,4-5,24-25H2,(H,29,30). The predicted octanol–water partition coefficient (Wildman–Crippen LogP) is 2.60. The zero-order valence-corrected chi connectivity index (χ0v) is 16.7. The highest BCUT2D eigenvalue weighted by Crippen LogP contribution is 2.39. The number of aromatic carboxylic acids is 1. The van der Waals surface area contributed by atoms with Gasteiger partial charge in [-0.25, -0.2) is 18.0 Å². The summed E-state index contributed by atoms with van der Waals surface area (Å²) in [5.74, 6) is -4.40. The van der Waals surface area contributed by atoms with E-state index in [-0.39, 0.29) is 38.5 Å². The summed E-state index contributed by atoms with van der Waals surface area (Å²) in [7, 11) is 0. The monoisotopic (exact) mass is 482 g/mol. The number of carboxylic acids is 1. The van der Waals surface area contributed by atoms with E-state index in [1.54, 1.807) is 4.90 Å². The van der Waals surface area contributed by atoms with Gasteiger partial charge in [0.25, 0.3) is 0 Å². The molecular weight excluding hydrogens is 469 g/mol. The first kappa shape index (κ1) is 20.2. The van der Waals surface area contributed by atoms with Crippen LogP contribution in [-0.2, 0) is 0 Å². The lowest BCUT2D eigenvalue weighted by Crippen LogP contribution is -2.56. The summed E-state index contributed by atoms with van der Waals surface area (Å²) in [6.07, 6.45) is 0.900. The summed E-state index contributed by atoms with van der Waals surface area (Å²) in [4.78, 5) is 25.9. The molecule has 5 N–H and O–H groups in total. The minimum atomic E-state index is -1.58. The molecule has 2 aromatic carbocycles. The third kappa shape index (κ3) is 3.01. The number of fused-ring (bicyclic) bond motifs is 1. The Labute approximate surface area is 175 Å². The van der Waals surface area contributed by atoms with Crippen LogP contribution in [0.4, 0.5) is 24.5 Å². The van der Waals surface area contributed by atoms with E-state index in [2.05, 4.69) is 15.9 Å². The van der Waals surface area contributed by atoms with Crippen molar-refractivity contribution in [2.75, 3.05) is 23.7 Å². The summed E-state index contributed by atoms with van der Waals surface area (Å²) in [6, 6.07) is 2.25. The van der Waals surface area contributed by atoms with Crippen LogP contribution in [-0.4, -0.2) is 34.8 Å². The number of benzene rings is 2. The van der Waals surface area contributed by atoms with Crippen molar-refractivity contribution in [2.24, 2.45) is 5.73 Å². The minimum Gasteiger partial charge on any atom is -0.477 e. The molecule has 156 valence electrons. The number of nitrogens with zero attached hydrogens (tertiary/aromatic N) is 2. The zero-order chi connectivity index (χ0) is 21.9. The highest BCUT2D eigenvalue weighted by atomic mass is 79.9. The number of hydrogen-bond donors (Lipinski definition) is 3. The van der Waals surface area contributed by atoms with Crippen molar-refractivity contribution in [1.82, 2.24) is 4.57 Å². The van der Waals surface area contributed by atoms with Gasteiger partial charge < -0.3 is 26.0 Å². The predicted molar refractivity (Wildman–Crippen MR) is 109 cm³/mol. The van der Waals surface area contributed by atoms with Crippen LogP contribution < -0.4 is 21.8 Å². The average molecular weight is 483 g/mol. The Morgan fingerprint density at radius 3 is 2.40 bits per heavy atom. The highest BCUT2D eigenvalue weighted by molar-refractivity contribution is 9.10. The fourth-order valence-electron chi connectivity index (χ4n) is 3.47. The molecule has 0 atom stereocenters. The Kier molecular flexibility index (Phi) is 4.74. The van der Waals surface area contributed by atoms with E-state index < -0.39 is 34.4 Å². The average Bonchev–Trinajstić information content (AvgIpc) is 2.64. The number of carboxylic acid groups (broad SMARTS) is 1. The van der Waals surface area contributed by atoms with Crippen LogP contribution in [0.3, 0.4) is 0 Å². The molecule has 0 unspecified atom stereocenters. The summed E-state index contributed by atoms with van der Waals surface area (Å²) in [5, 5.41) is 9.11. The molecule has 7 nitrogen and oxygen atoms in total. The van der Waals surface area contributed by atoms with Gasteiger partial charge in [-0.15, -0.1) is 0 Å². The van der Waals surface area contributed by atoms with Gasteiger partial charge in [-0.1, -0.05) is 0 Å². The molecule has 0 bridgehead atoms. The maximum absolute atomic E-state index is 14.9. The number of nitrogen functional groups attached to an aromatic ring is 1. The molecule has 30 heavy (non-hydrogen) atoms. The highest BCUT2D eigenvalue weighted by Gasteiger charge is 2.30. The van der Waals surface area contributed by atoms with Crippen molar-refractivity contribution in [1.29, 1.82) is 0 Å². The number of anilines is 2. The zero-order valence-electron chi connectivity index (χ0n) is 15.1. The smallest absolute Gasteiger partial charge is 0.341 e. The lowest BCUT2D eigenvalue weighted by atomic mass is 10.1. The molecule has 3 aromatic rings. The van der Waals surface area contributed by atoms with Gasteiger partial charge in [-0.05, 0) is 28.1 Å². The van der Waals surface area contributed by atoms with Crippen LogP contribution in [0.5, 0.6) is 0 Å². The molecule has 0 radical (unpaired) electrons. The minimum absolute atomic E-state index is 0.00628. The lowest BCUT2D eigenvalue weighted by molar-refractivity contribution is 0.0695. The fourth-order valence-corrected chi connectivity index (χ4v) is 4.32. The van der Waals surface area contributed by atoms with Crippen LogP contribution in [0.25, 0.3) is 16.6 Å². The molecule has 11 heteroatoms. The molecule has 4 rings (SSSR count). The number of pyridine rings is 1. The van der Waals surface area contributed by atoms with Gasteiger partial charge in [0.2, 0.25) is 5.43 Å². The van der Waals surface area contributed by atoms with Crippen LogP contribution in [0.1, 0.15) is 10.4 Å². The maximum Gasteiger partial charge on any atom is 0.341 e. The Bertz CT molecular complexity index is 1290. The van der Waals surface area contributed by atoms with E-state index in [1.807, 2.05) is 0 Å². The van der Waals surface area contributed by atoms with Gasteiger partial charge in [0.05, 0.1) is 32.4 Å². The van der Waals surface area contributed by atoms with Gasteiger partial charge in [0.15, 0.2) is 0 Å². The molecule has 1 fully saturated rings. The topological polar surface area (TPSA) is 115 Å². The van der Waals surface area contributed by atoms with Crippen LogP contribution in [0.2, 0.25) is 0 Å². The molecular formula is C19H14BrF3N4O3. The van der Waals surface area contributed by atoms with E-state index >= 15 is 0 Å². The van der Waals surface area contributed by atoms with Crippen molar-refractivity contribution in [3.63, 3.8) is 0 Å². The summed E-state index contributed by atoms with van der Waals surface area (Å²) in [6.45, 7) is 0.715. The molecule has 1 saturated heterocycles. The largest absolute Gasteiger partial charge is 0.477 e. The Hall–Kier alpha value is -3.05. The number of nitrogens with two attached hydrogens (primary N) is 2. The molecule has 0 aliphatic carbocycles. The maximum atomic E-state index is 14.9. The third-order valence-corrected chi connectivity index (χ3v) is 5.69. The molecule has 0 spiro atoms. The summed E-state index contributed by atoms with van der Waals surface area (Å²) in [5.41, 5.74) is 9.07. The Morgan fingerprint density at radius 2 is 1.80 bits per heavy atom. The molecule has 2 heterocycles. The van der Waals surface area contributed by atoms with Crippen molar-refractivity contribution in [2.45, 2.75) is 6.04 Å². The quantitative estimate of drug-likeness (QED) is 0.494. The van der Waals surface area contributed by atoms with Crippen molar-refractivity contribution in [3.05, 3.63) is 62.1 Å². The van der Waals surface area contributed by atoms with E-state index in [9.17, 15) is 27.9 Å². The normalized spacial score (nSPS) is 14.2. The van der Waals surface area contributed by atoms with Crippen LogP contribution in [0, 0.1) is 17.5 Å². The molecule has 0 amide bonds. The Balaban J connectivity index is 2.14. The second-order valence-corrected chi connectivity index (χ2v) is 7.75. The van der Waals surface area contributed by atoms with E-state index in [4.69, 9.17) is 11.5 Å². The number of aromatic nitrogens is 1. The van der Waals surface area contributed by atoms with Crippen molar-refractivity contribution < 1.29 is 23.1 Å². The van der Waals surface area contributed by atoms with E-state index in [1.165, 1.54) is 0 Å². The second-order valence-electron chi connectivity index (χ2n) is 6.95. The number of hydrogen-bond acceptors (Lipinski definition) is 5. The molecule has 1 aliphatic rings. The second kappa shape index (κ2) is 7.03. The first-order chi connectivity index (χ1) is 14.1. The molecule has 0 saturated carbocycles.